The van der Waals surface area contributed by atoms with E-state index in [1.165, 1.54) is 13.8 Å². The van der Waals surface area contributed by atoms with E-state index in [1.807, 2.05) is 6.92 Å². The quantitative estimate of drug-likeness (QED) is 0.555. The van der Waals surface area contributed by atoms with Gasteiger partial charge in [0.1, 0.15) is 5.41 Å². The van der Waals surface area contributed by atoms with Crippen LogP contribution in [0.4, 0.5) is 0 Å². The largest absolute Gasteiger partial charge is 0.480 e. The molecule has 0 spiro atoms. The third-order valence-electron chi connectivity index (χ3n) is 2.31. The topological polar surface area (TPSA) is 95.5 Å². The second-order valence-electron chi connectivity index (χ2n) is 4.29. The van der Waals surface area contributed by atoms with Crippen LogP contribution in [0.2, 0.25) is 0 Å². The molecular formula is C11H20N2O4. The van der Waals surface area contributed by atoms with Crippen molar-refractivity contribution in [1.29, 1.82) is 0 Å². The molecule has 0 aromatic rings. The van der Waals surface area contributed by atoms with Crippen molar-refractivity contribution < 1.29 is 19.5 Å². The van der Waals surface area contributed by atoms with Crippen molar-refractivity contribution in [3.05, 3.63) is 0 Å². The summed E-state index contributed by atoms with van der Waals surface area (Å²) >= 11 is 0. The predicted octanol–water partition coefficient (Wildman–Crippen LogP) is 0.130. The fourth-order valence-electron chi connectivity index (χ4n) is 0.960. The molecule has 0 aliphatic rings. The number of carboxylic acids is 1. The Morgan fingerprint density at radius 3 is 2.18 bits per heavy atom. The van der Waals surface area contributed by atoms with Gasteiger partial charge in [-0.2, -0.15) is 0 Å². The molecular weight excluding hydrogens is 224 g/mol. The zero-order valence-electron chi connectivity index (χ0n) is 10.5. The first-order valence-electron chi connectivity index (χ1n) is 5.60. The molecule has 0 aromatic heterocycles. The summed E-state index contributed by atoms with van der Waals surface area (Å²) in [6, 6.07) is 0. The van der Waals surface area contributed by atoms with Crippen LogP contribution >= 0.6 is 0 Å². The highest BCUT2D eigenvalue weighted by molar-refractivity contribution is 6.01. The van der Waals surface area contributed by atoms with E-state index in [2.05, 4.69) is 10.6 Å². The van der Waals surface area contributed by atoms with Gasteiger partial charge < -0.3 is 15.7 Å². The van der Waals surface area contributed by atoms with E-state index in [4.69, 9.17) is 5.11 Å². The van der Waals surface area contributed by atoms with E-state index in [0.29, 0.717) is 6.54 Å². The molecule has 0 aliphatic carbocycles. The smallest absolute Gasteiger partial charge is 0.318 e. The highest BCUT2D eigenvalue weighted by Crippen LogP contribution is 2.14. The number of carbonyl (C=O) groups is 3. The Morgan fingerprint density at radius 1 is 1.12 bits per heavy atom. The Kier molecular flexibility index (Phi) is 6.23. The van der Waals surface area contributed by atoms with Gasteiger partial charge in [-0.05, 0) is 20.3 Å². The molecule has 0 atom stereocenters. The van der Waals surface area contributed by atoms with Gasteiger partial charge in [-0.1, -0.05) is 6.92 Å². The molecule has 0 bridgehead atoms. The Morgan fingerprint density at radius 2 is 1.71 bits per heavy atom. The van der Waals surface area contributed by atoms with Crippen molar-refractivity contribution in [3.63, 3.8) is 0 Å². The van der Waals surface area contributed by atoms with E-state index in [-0.39, 0.29) is 18.9 Å². The Balaban J connectivity index is 3.94. The van der Waals surface area contributed by atoms with Crippen molar-refractivity contribution in [1.82, 2.24) is 10.6 Å². The maximum Gasteiger partial charge on any atom is 0.318 e. The molecule has 0 rings (SSSR count). The van der Waals surface area contributed by atoms with E-state index < -0.39 is 17.3 Å². The maximum absolute atomic E-state index is 11.5. The lowest BCUT2D eigenvalue weighted by Crippen LogP contribution is -2.43. The summed E-state index contributed by atoms with van der Waals surface area (Å²) in [5.41, 5.74) is -1.47. The molecule has 6 heteroatoms. The first-order chi connectivity index (χ1) is 7.82. The monoisotopic (exact) mass is 244 g/mol. The molecule has 0 fully saturated rings. The first-order valence-corrected chi connectivity index (χ1v) is 5.60. The summed E-state index contributed by atoms with van der Waals surface area (Å²) in [6.45, 7) is 5.33. The number of nitrogens with one attached hydrogen (secondary N) is 2. The van der Waals surface area contributed by atoms with Crippen molar-refractivity contribution in [3.8, 4) is 0 Å². The third-order valence-corrected chi connectivity index (χ3v) is 2.31. The van der Waals surface area contributed by atoms with Crippen molar-refractivity contribution in [2.75, 3.05) is 13.1 Å². The van der Waals surface area contributed by atoms with Crippen LogP contribution in [0.3, 0.4) is 0 Å². The SMILES string of the molecule is CCCNC(=O)CCNC(=O)C(C)(C)C(=O)O. The van der Waals surface area contributed by atoms with Crippen LogP contribution in [-0.2, 0) is 14.4 Å². The highest BCUT2D eigenvalue weighted by atomic mass is 16.4. The molecule has 17 heavy (non-hydrogen) atoms. The molecule has 0 aliphatic heterocycles. The van der Waals surface area contributed by atoms with Gasteiger partial charge in [-0.3, -0.25) is 14.4 Å². The summed E-state index contributed by atoms with van der Waals surface area (Å²) in [4.78, 5) is 33.4. The molecule has 98 valence electrons. The normalized spacial score (nSPS) is 10.8. The van der Waals surface area contributed by atoms with Gasteiger partial charge in [-0.15, -0.1) is 0 Å². The van der Waals surface area contributed by atoms with Crippen LogP contribution in [0.15, 0.2) is 0 Å². The van der Waals surface area contributed by atoms with E-state index >= 15 is 0 Å². The summed E-state index contributed by atoms with van der Waals surface area (Å²) in [5.74, 6) is -1.93. The lowest BCUT2D eigenvalue weighted by atomic mass is 9.93. The zero-order chi connectivity index (χ0) is 13.5. The van der Waals surface area contributed by atoms with Crippen molar-refractivity contribution >= 4 is 17.8 Å². The van der Waals surface area contributed by atoms with Gasteiger partial charge in [0.15, 0.2) is 0 Å². The van der Waals surface area contributed by atoms with Crippen molar-refractivity contribution in [2.24, 2.45) is 5.41 Å². The molecule has 2 amide bonds. The molecule has 0 saturated heterocycles. The third kappa shape index (κ3) is 5.33. The number of rotatable bonds is 7. The van der Waals surface area contributed by atoms with Crippen LogP contribution in [0, 0.1) is 5.41 Å². The molecule has 0 aromatic carbocycles. The van der Waals surface area contributed by atoms with Crippen molar-refractivity contribution in [2.45, 2.75) is 33.6 Å². The minimum atomic E-state index is -1.47. The van der Waals surface area contributed by atoms with Crippen LogP contribution in [0.5, 0.6) is 0 Å². The fraction of sp³-hybridized carbons (Fsp3) is 0.727. The number of hydrogen-bond donors (Lipinski definition) is 3. The first kappa shape index (κ1) is 15.4. The van der Waals surface area contributed by atoms with Gasteiger partial charge in [0, 0.05) is 19.5 Å². The van der Waals surface area contributed by atoms with Crippen LogP contribution in [-0.4, -0.2) is 36.0 Å². The summed E-state index contributed by atoms with van der Waals surface area (Å²) in [7, 11) is 0. The van der Waals surface area contributed by atoms with Gasteiger partial charge in [-0.25, -0.2) is 0 Å². The molecule has 0 radical (unpaired) electrons. The van der Waals surface area contributed by atoms with Gasteiger partial charge in [0.05, 0.1) is 0 Å². The summed E-state index contributed by atoms with van der Waals surface area (Å²) in [6.07, 6.45) is 1.01. The predicted molar refractivity (Wildman–Crippen MR) is 62.3 cm³/mol. The number of carbonyl (C=O) groups excluding carboxylic acids is 2. The second kappa shape index (κ2) is 6.88. The summed E-state index contributed by atoms with van der Waals surface area (Å²) in [5, 5.41) is 13.9. The molecule has 0 saturated carbocycles. The second-order valence-corrected chi connectivity index (χ2v) is 4.29. The number of aliphatic carboxylic acids is 1. The highest BCUT2D eigenvalue weighted by Gasteiger charge is 2.35. The fourth-order valence-corrected chi connectivity index (χ4v) is 0.960. The Hall–Kier alpha value is -1.59. The van der Waals surface area contributed by atoms with E-state index in [0.717, 1.165) is 6.42 Å². The number of carboxylic acid groups (broad SMARTS) is 1. The van der Waals surface area contributed by atoms with Crippen LogP contribution in [0.1, 0.15) is 33.6 Å². The van der Waals surface area contributed by atoms with Gasteiger partial charge >= 0.3 is 5.97 Å². The Labute approximate surface area is 101 Å². The average Bonchev–Trinajstić information content (AvgIpc) is 2.25. The van der Waals surface area contributed by atoms with Crippen LogP contribution in [0.25, 0.3) is 0 Å². The molecule has 0 unspecified atom stereocenters. The number of amides is 2. The zero-order valence-corrected chi connectivity index (χ0v) is 10.5. The maximum atomic E-state index is 11.5. The van der Waals surface area contributed by atoms with Crippen LogP contribution < -0.4 is 10.6 Å². The Bertz CT molecular complexity index is 300. The van der Waals surface area contributed by atoms with Gasteiger partial charge in [0.25, 0.3) is 0 Å². The standard InChI is InChI=1S/C11H20N2O4/c1-4-6-12-8(14)5-7-13-9(15)11(2,3)10(16)17/h4-7H2,1-3H3,(H,12,14)(H,13,15)(H,16,17). The lowest BCUT2D eigenvalue weighted by molar-refractivity contribution is -0.153. The van der Waals surface area contributed by atoms with E-state index in [1.54, 1.807) is 0 Å². The van der Waals surface area contributed by atoms with Gasteiger partial charge in [0.2, 0.25) is 11.8 Å². The lowest BCUT2D eigenvalue weighted by Gasteiger charge is -2.18. The summed E-state index contributed by atoms with van der Waals surface area (Å²) < 4.78 is 0. The minimum Gasteiger partial charge on any atom is -0.480 e. The number of hydrogen-bond acceptors (Lipinski definition) is 3. The van der Waals surface area contributed by atoms with E-state index in [9.17, 15) is 14.4 Å². The minimum absolute atomic E-state index is 0.144. The molecule has 6 nitrogen and oxygen atoms in total. The average molecular weight is 244 g/mol. The molecule has 0 heterocycles. The molecule has 3 N–H and O–H groups in total.